The molecule has 2 nitrogen and oxygen atoms in total. The van der Waals surface area contributed by atoms with Crippen LogP contribution in [0.15, 0.2) is 0 Å². The molecule has 2 saturated heterocycles. The standard InChI is InChI=1S/C42H69NOS/c1-3-10-28(11-4-1)30-18-22-32(23-19-30)43(33-24-20-31(21-25-33)29-12-5-2-6-13-29)37-16-9-15-34-35-26-27-39-40(42(35)44-41(34)37)36-14-7-8-17-38(36)45-39/h28-42H,1-27H2. The van der Waals surface area contributed by atoms with E-state index in [0.717, 1.165) is 76.0 Å². The van der Waals surface area contributed by atoms with E-state index in [1.54, 1.807) is 51.4 Å². The first-order valence-corrected chi connectivity index (χ1v) is 22.3. The Balaban J connectivity index is 0.941. The molecule has 0 aromatic rings. The molecule has 2 aliphatic heterocycles. The van der Waals surface area contributed by atoms with E-state index in [0.29, 0.717) is 12.2 Å². The van der Waals surface area contributed by atoms with E-state index >= 15 is 0 Å². The third-order valence-electron chi connectivity index (χ3n) is 16.7. The van der Waals surface area contributed by atoms with Gasteiger partial charge in [0.15, 0.2) is 0 Å². The maximum atomic E-state index is 7.69. The Hall–Kier alpha value is 0.270. The van der Waals surface area contributed by atoms with E-state index in [9.17, 15) is 0 Å². The summed E-state index contributed by atoms with van der Waals surface area (Å²) < 4.78 is 7.69. The van der Waals surface area contributed by atoms with Crippen molar-refractivity contribution < 1.29 is 4.74 Å². The van der Waals surface area contributed by atoms with Crippen LogP contribution >= 0.6 is 11.8 Å². The van der Waals surface area contributed by atoms with Gasteiger partial charge < -0.3 is 4.74 Å². The van der Waals surface area contributed by atoms with Gasteiger partial charge in [-0.25, -0.2) is 0 Å². The molecule has 0 bridgehead atoms. The molecule has 7 saturated carbocycles. The van der Waals surface area contributed by atoms with Gasteiger partial charge in [-0.05, 0) is 131 Å². The Morgan fingerprint density at radius 1 is 0.378 bits per heavy atom. The smallest absolute Gasteiger partial charge is 0.0766 e. The summed E-state index contributed by atoms with van der Waals surface area (Å²) in [4.78, 5) is 3.31. The van der Waals surface area contributed by atoms with Crippen molar-refractivity contribution in [2.75, 3.05) is 0 Å². The van der Waals surface area contributed by atoms with Crippen LogP contribution in [0, 0.1) is 47.3 Å². The van der Waals surface area contributed by atoms with Gasteiger partial charge in [0.25, 0.3) is 0 Å². The Kier molecular flexibility index (Phi) is 9.65. The quantitative estimate of drug-likeness (QED) is 0.298. The maximum Gasteiger partial charge on any atom is 0.0766 e. The Bertz CT molecular complexity index is 920. The van der Waals surface area contributed by atoms with Crippen LogP contribution in [-0.4, -0.2) is 45.7 Å². The van der Waals surface area contributed by atoms with Crippen LogP contribution in [0.3, 0.4) is 0 Å². The van der Waals surface area contributed by atoms with Crippen molar-refractivity contribution in [2.45, 2.75) is 214 Å². The van der Waals surface area contributed by atoms with Crippen molar-refractivity contribution in [3.8, 4) is 0 Å². The van der Waals surface area contributed by atoms with Crippen LogP contribution in [0.25, 0.3) is 0 Å². The molecule has 254 valence electrons. The summed E-state index contributed by atoms with van der Waals surface area (Å²) >= 11 is 2.45. The molecule has 7 aliphatic carbocycles. The van der Waals surface area contributed by atoms with Crippen molar-refractivity contribution in [2.24, 2.45) is 47.3 Å². The Morgan fingerprint density at radius 2 is 0.911 bits per heavy atom. The molecular formula is C42H69NOS. The fraction of sp³-hybridized carbons (Fsp3) is 1.00. The lowest BCUT2D eigenvalue weighted by molar-refractivity contribution is -0.0986. The normalized spacial score (nSPS) is 49.7. The topological polar surface area (TPSA) is 12.5 Å². The van der Waals surface area contributed by atoms with Crippen LogP contribution < -0.4 is 0 Å². The second-order valence-corrected chi connectivity index (χ2v) is 20.1. The predicted octanol–water partition coefficient (Wildman–Crippen LogP) is 11.2. The van der Waals surface area contributed by atoms with Gasteiger partial charge in [-0.15, -0.1) is 0 Å². The lowest BCUT2D eigenvalue weighted by Gasteiger charge is -2.52. The lowest BCUT2D eigenvalue weighted by atomic mass is 9.64. The minimum Gasteiger partial charge on any atom is -0.372 e. The fourth-order valence-corrected chi connectivity index (χ4v) is 16.7. The van der Waals surface area contributed by atoms with E-state index in [2.05, 4.69) is 16.7 Å². The molecule has 9 aliphatic rings. The minimum atomic E-state index is 0.562. The van der Waals surface area contributed by atoms with Crippen molar-refractivity contribution >= 4 is 11.8 Å². The number of nitrogens with zero attached hydrogens (tertiary/aromatic N) is 1. The molecule has 0 aromatic carbocycles. The van der Waals surface area contributed by atoms with Gasteiger partial charge in [-0.3, -0.25) is 4.90 Å². The largest absolute Gasteiger partial charge is 0.372 e. The van der Waals surface area contributed by atoms with E-state index in [1.165, 1.54) is 122 Å². The van der Waals surface area contributed by atoms with E-state index < -0.39 is 0 Å². The first-order valence-electron chi connectivity index (χ1n) is 21.4. The summed E-state index contributed by atoms with van der Waals surface area (Å²) in [5, 5.41) is 1.91. The number of rotatable bonds is 5. The summed E-state index contributed by atoms with van der Waals surface area (Å²) in [5.41, 5.74) is 0. The van der Waals surface area contributed by atoms with Crippen molar-refractivity contribution in [3.63, 3.8) is 0 Å². The molecule has 9 atom stereocenters. The highest BCUT2D eigenvalue weighted by atomic mass is 32.2. The Morgan fingerprint density at radius 3 is 1.56 bits per heavy atom. The first-order chi connectivity index (χ1) is 22.3. The molecule has 0 radical (unpaired) electrons. The summed E-state index contributed by atoms with van der Waals surface area (Å²) in [6.45, 7) is 0. The van der Waals surface area contributed by atoms with Gasteiger partial charge in [0.05, 0.1) is 12.2 Å². The molecule has 0 amide bonds. The number of hydrogen-bond donors (Lipinski definition) is 0. The highest BCUT2D eigenvalue weighted by Crippen LogP contribution is 2.61. The molecule has 9 rings (SSSR count). The van der Waals surface area contributed by atoms with Crippen LogP contribution in [-0.2, 0) is 4.74 Å². The summed E-state index contributed by atoms with van der Waals surface area (Å²) in [6, 6.07) is 2.44. The van der Waals surface area contributed by atoms with Gasteiger partial charge in [0.1, 0.15) is 0 Å². The molecule has 0 spiro atoms. The third kappa shape index (κ3) is 6.06. The minimum absolute atomic E-state index is 0.562. The zero-order chi connectivity index (χ0) is 29.7. The maximum absolute atomic E-state index is 7.69. The lowest BCUT2D eigenvalue weighted by Crippen LogP contribution is -2.58. The zero-order valence-corrected chi connectivity index (χ0v) is 29.8. The molecule has 3 heteroatoms. The molecular weight excluding hydrogens is 567 g/mol. The number of ether oxygens (including phenoxy) is 1. The molecule has 0 aromatic heterocycles. The van der Waals surface area contributed by atoms with E-state index in [1.807, 2.05) is 0 Å². The molecule has 2 heterocycles. The average molecular weight is 636 g/mol. The average Bonchev–Trinajstić information content (AvgIpc) is 3.69. The second kappa shape index (κ2) is 13.9. The summed E-state index contributed by atoms with van der Waals surface area (Å²) in [6.07, 6.45) is 42.1. The van der Waals surface area contributed by atoms with Gasteiger partial charge in [0.2, 0.25) is 0 Å². The highest BCUT2D eigenvalue weighted by Gasteiger charge is 2.60. The van der Waals surface area contributed by atoms with Gasteiger partial charge in [-0.2, -0.15) is 11.8 Å². The molecule has 0 N–H and O–H groups in total. The molecule has 9 unspecified atom stereocenters. The SMILES string of the molecule is C1CCC(C2CCC(N(C3CCC(C4CCCCC4)CC3)C3CCCC4C5CCC6SC7CCCCC7C6C5OC43)CC2)CC1. The Labute approximate surface area is 282 Å². The number of thioether (sulfide) groups is 1. The van der Waals surface area contributed by atoms with Crippen LogP contribution in [0.2, 0.25) is 0 Å². The number of hydrogen-bond acceptors (Lipinski definition) is 3. The fourth-order valence-electron chi connectivity index (χ4n) is 14.6. The van der Waals surface area contributed by atoms with E-state index in [4.69, 9.17) is 4.74 Å². The molecule has 9 fully saturated rings. The van der Waals surface area contributed by atoms with Crippen LogP contribution in [0.5, 0.6) is 0 Å². The van der Waals surface area contributed by atoms with Gasteiger partial charge >= 0.3 is 0 Å². The second-order valence-electron chi connectivity index (χ2n) is 18.6. The third-order valence-corrected chi connectivity index (χ3v) is 18.5. The summed E-state index contributed by atoms with van der Waals surface area (Å²) in [7, 11) is 0. The van der Waals surface area contributed by atoms with E-state index in [-0.39, 0.29) is 0 Å². The van der Waals surface area contributed by atoms with Gasteiger partial charge in [-0.1, -0.05) is 83.5 Å². The van der Waals surface area contributed by atoms with Gasteiger partial charge in [0, 0.05) is 34.5 Å². The van der Waals surface area contributed by atoms with Crippen molar-refractivity contribution in [1.82, 2.24) is 4.90 Å². The monoisotopic (exact) mass is 636 g/mol. The number of fused-ring (bicyclic) bond motifs is 7. The zero-order valence-electron chi connectivity index (χ0n) is 29.0. The predicted molar refractivity (Wildman–Crippen MR) is 190 cm³/mol. The van der Waals surface area contributed by atoms with Crippen LogP contribution in [0.4, 0.5) is 0 Å². The summed E-state index contributed by atoms with van der Waals surface area (Å²) in [5.74, 6) is 7.90. The van der Waals surface area contributed by atoms with Crippen molar-refractivity contribution in [3.05, 3.63) is 0 Å². The van der Waals surface area contributed by atoms with Crippen LogP contribution in [0.1, 0.15) is 173 Å². The first kappa shape index (κ1) is 31.3. The highest BCUT2D eigenvalue weighted by molar-refractivity contribution is 8.00. The molecule has 45 heavy (non-hydrogen) atoms. The van der Waals surface area contributed by atoms with Crippen molar-refractivity contribution in [1.29, 1.82) is 0 Å².